The number of hydrogen-bond donors (Lipinski definition) is 2. The van der Waals surface area contributed by atoms with Gasteiger partial charge in [-0.15, -0.1) is 0 Å². The van der Waals surface area contributed by atoms with Crippen molar-refractivity contribution in [3.05, 3.63) is 0 Å². The Morgan fingerprint density at radius 3 is 2.87 bits per heavy atom. The van der Waals surface area contributed by atoms with Crippen LogP contribution < -0.4 is 11.1 Å². The third-order valence-corrected chi connectivity index (χ3v) is 4.14. The quantitative estimate of drug-likeness (QED) is 0.753. The molecule has 3 N–H and O–H groups in total. The van der Waals surface area contributed by atoms with E-state index in [4.69, 9.17) is 5.73 Å². The van der Waals surface area contributed by atoms with E-state index in [1.807, 2.05) is 18.7 Å². The maximum absolute atomic E-state index is 11.6. The molecule has 0 radical (unpaired) electrons. The van der Waals surface area contributed by atoms with Gasteiger partial charge in [-0.05, 0) is 31.4 Å². The molecule has 0 aliphatic heterocycles. The fourth-order valence-corrected chi connectivity index (χ4v) is 3.09. The zero-order chi connectivity index (χ0) is 11.3. The number of thioether (sulfide) groups is 1. The van der Waals surface area contributed by atoms with Gasteiger partial charge in [-0.2, -0.15) is 11.8 Å². The van der Waals surface area contributed by atoms with Crippen LogP contribution >= 0.6 is 11.8 Å². The Hall–Kier alpha value is -0.220. The summed E-state index contributed by atoms with van der Waals surface area (Å²) in [6.45, 7) is 4.12. The molecule has 0 saturated heterocycles. The van der Waals surface area contributed by atoms with E-state index >= 15 is 0 Å². The van der Waals surface area contributed by atoms with Gasteiger partial charge in [-0.1, -0.05) is 13.8 Å². The van der Waals surface area contributed by atoms with Gasteiger partial charge >= 0.3 is 0 Å². The predicted octanol–water partition coefficient (Wildman–Crippen LogP) is 1.51. The first-order chi connectivity index (χ1) is 7.17. The highest BCUT2D eigenvalue weighted by molar-refractivity contribution is 7.99. The van der Waals surface area contributed by atoms with Gasteiger partial charge in [0.25, 0.3) is 0 Å². The molecule has 1 amide bonds. The molecule has 0 bridgehead atoms. The lowest BCUT2D eigenvalue weighted by molar-refractivity contribution is -0.123. The van der Waals surface area contributed by atoms with Crippen molar-refractivity contribution in [2.75, 3.05) is 5.75 Å². The summed E-state index contributed by atoms with van der Waals surface area (Å²) in [4.78, 5) is 11.6. The summed E-state index contributed by atoms with van der Waals surface area (Å²) < 4.78 is 0. The molecule has 0 aromatic carbocycles. The summed E-state index contributed by atoms with van der Waals surface area (Å²) in [6.07, 6.45) is 4.16. The van der Waals surface area contributed by atoms with Crippen LogP contribution in [-0.4, -0.2) is 29.0 Å². The Bertz CT molecular complexity index is 211. The first kappa shape index (κ1) is 12.8. The summed E-state index contributed by atoms with van der Waals surface area (Å²) in [6, 6.07) is 0.0297. The summed E-state index contributed by atoms with van der Waals surface area (Å²) in [5.74, 6) is 1.18. The van der Waals surface area contributed by atoms with E-state index < -0.39 is 0 Å². The Balaban J connectivity index is 2.26. The van der Waals surface area contributed by atoms with Crippen molar-refractivity contribution in [1.29, 1.82) is 0 Å². The second kappa shape index (κ2) is 6.38. The third kappa shape index (κ3) is 4.03. The number of amides is 1. The molecule has 0 spiro atoms. The molecule has 15 heavy (non-hydrogen) atoms. The maximum atomic E-state index is 11.6. The zero-order valence-corrected chi connectivity index (χ0v) is 10.5. The second-order valence-corrected chi connectivity index (χ2v) is 5.69. The Morgan fingerprint density at radius 2 is 2.27 bits per heavy atom. The van der Waals surface area contributed by atoms with Gasteiger partial charge in [0, 0.05) is 11.3 Å². The van der Waals surface area contributed by atoms with Crippen molar-refractivity contribution in [1.82, 2.24) is 5.32 Å². The first-order valence-electron chi connectivity index (χ1n) is 5.84. The number of rotatable bonds is 5. The first-order valence-corrected chi connectivity index (χ1v) is 6.89. The summed E-state index contributed by atoms with van der Waals surface area (Å²) >= 11 is 2.00. The lowest BCUT2D eigenvalue weighted by Gasteiger charge is -2.16. The molecule has 3 atom stereocenters. The fraction of sp³-hybridized carbons (Fsp3) is 0.909. The van der Waals surface area contributed by atoms with Crippen molar-refractivity contribution in [3.8, 4) is 0 Å². The van der Waals surface area contributed by atoms with E-state index in [0.717, 1.165) is 18.1 Å². The van der Waals surface area contributed by atoms with Crippen LogP contribution in [0.4, 0.5) is 0 Å². The molecule has 1 saturated carbocycles. The highest BCUT2D eigenvalue weighted by atomic mass is 32.2. The zero-order valence-electron chi connectivity index (χ0n) is 9.66. The largest absolute Gasteiger partial charge is 0.352 e. The Morgan fingerprint density at radius 1 is 1.53 bits per heavy atom. The molecule has 0 aromatic heterocycles. The van der Waals surface area contributed by atoms with E-state index in [1.165, 1.54) is 12.2 Å². The lowest BCUT2D eigenvalue weighted by Crippen LogP contribution is -2.44. The van der Waals surface area contributed by atoms with E-state index in [2.05, 4.69) is 12.2 Å². The monoisotopic (exact) mass is 230 g/mol. The third-order valence-electron chi connectivity index (χ3n) is 2.91. The van der Waals surface area contributed by atoms with E-state index in [9.17, 15) is 4.79 Å². The minimum absolute atomic E-state index is 0.0182. The lowest BCUT2D eigenvalue weighted by atomic mass is 10.2. The van der Waals surface area contributed by atoms with Crippen molar-refractivity contribution >= 4 is 17.7 Å². The van der Waals surface area contributed by atoms with Crippen LogP contribution in [-0.2, 0) is 4.79 Å². The van der Waals surface area contributed by atoms with Crippen LogP contribution in [0, 0.1) is 0 Å². The van der Waals surface area contributed by atoms with Gasteiger partial charge in [0.2, 0.25) is 5.91 Å². The van der Waals surface area contributed by atoms with Crippen LogP contribution in [0.5, 0.6) is 0 Å². The molecule has 1 aliphatic rings. The molecular weight excluding hydrogens is 208 g/mol. The minimum Gasteiger partial charge on any atom is -0.352 e. The highest BCUT2D eigenvalue weighted by Gasteiger charge is 2.26. The summed E-state index contributed by atoms with van der Waals surface area (Å²) in [7, 11) is 0. The number of hydrogen-bond acceptors (Lipinski definition) is 3. The SMILES string of the molecule is CCSC1CCC(NC(=O)[C@@H](N)CC)C1. The van der Waals surface area contributed by atoms with Gasteiger partial charge < -0.3 is 11.1 Å². The predicted molar refractivity (Wildman–Crippen MR) is 66.0 cm³/mol. The molecule has 1 aliphatic carbocycles. The summed E-state index contributed by atoms with van der Waals surface area (Å²) in [5.41, 5.74) is 5.67. The van der Waals surface area contributed by atoms with Crippen molar-refractivity contribution in [3.63, 3.8) is 0 Å². The van der Waals surface area contributed by atoms with E-state index in [0.29, 0.717) is 12.5 Å². The number of carbonyl (C=O) groups excluding carboxylic acids is 1. The van der Waals surface area contributed by atoms with Crippen LogP contribution in [0.1, 0.15) is 39.5 Å². The average molecular weight is 230 g/mol. The van der Waals surface area contributed by atoms with Crippen LogP contribution in [0.15, 0.2) is 0 Å². The molecule has 88 valence electrons. The summed E-state index contributed by atoms with van der Waals surface area (Å²) in [5, 5.41) is 3.78. The van der Waals surface area contributed by atoms with Crippen molar-refractivity contribution in [2.24, 2.45) is 5.73 Å². The minimum atomic E-state index is -0.331. The Kier molecular flexibility index (Phi) is 5.47. The van der Waals surface area contributed by atoms with Crippen LogP contribution in [0.25, 0.3) is 0 Å². The Labute approximate surface area is 96.6 Å². The van der Waals surface area contributed by atoms with Crippen molar-refractivity contribution in [2.45, 2.75) is 56.9 Å². The van der Waals surface area contributed by atoms with E-state index in [1.54, 1.807) is 0 Å². The second-order valence-electron chi connectivity index (χ2n) is 4.11. The molecule has 1 rings (SSSR count). The smallest absolute Gasteiger partial charge is 0.237 e. The fourth-order valence-electron chi connectivity index (χ4n) is 1.95. The number of carbonyl (C=O) groups is 1. The molecule has 1 fully saturated rings. The number of nitrogens with two attached hydrogens (primary N) is 1. The molecule has 2 unspecified atom stereocenters. The molecule has 0 aromatic rings. The van der Waals surface area contributed by atoms with E-state index in [-0.39, 0.29) is 11.9 Å². The highest BCUT2D eigenvalue weighted by Crippen LogP contribution is 2.29. The standard InChI is InChI=1S/C11H22N2OS/c1-3-10(12)11(14)13-8-5-6-9(7-8)15-4-2/h8-10H,3-7,12H2,1-2H3,(H,13,14)/t8?,9?,10-/m0/s1. The molecule has 0 heterocycles. The normalized spacial score (nSPS) is 27.7. The molecule has 3 nitrogen and oxygen atoms in total. The van der Waals surface area contributed by atoms with Crippen LogP contribution in [0.3, 0.4) is 0 Å². The van der Waals surface area contributed by atoms with Gasteiger partial charge in [-0.25, -0.2) is 0 Å². The topological polar surface area (TPSA) is 55.1 Å². The van der Waals surface area contributed by atoms with Gasteiger partial charge in [-0.3, -0.25) is 4.79 Å². The van der Waals surface area contributed by atoms with Gasteiger partial charge in [0.15, 0.2) is 0 Å². The van der Waals surface area contributed by atoms with Gasteiger partial charge in [0.1, 0.15) is 0 Å². The molecular formula is C11H22N2OS. The van der Waals surface area contributed by atoms with Crippen molar-refractivity contribution < 1.29 is 4.79 Å². The number of nitrogens with one attached hydrogen (secondary N) is 1. The van der Waals surface area contributed by atoms with Gasteiger partial charge in [0.05, 0.1) is 6.04 Å². The maximum Gasteiger partial charge on any atom is 0.237 e. The molecule has 4 heteroatoms. The average Bonchev–Trinajstić information content (AvgIpc) is 2.65. The van der Waals surface area contributed by atoms with Crippen LogP contribution in [0.2, 0.25) is 0 Å².